The second kappa shape index (κ2) is 9.22. The van der Waals surface area contributed by atoms with Gasteiger partial charge in [0.15, 0.2) is 17.5 Å². The van der Waals surface area contributed by atoms with Crippen molar-refractivity contribution in [1.82, 2.24) is 25.1 Å². The van der Waals surface area contributed by atoms with Crippen LogP contribution < -0.4 is 10.6 Å². The van der Waals surface area contributed by atoms with E-state index in [1.165, 1.54) is 12.8 Å². The van der Waals surface area contributed by atoms with E-state index < -0.39 is 0 Å². The number of hydrogen-bond acceptors (Lipinski definition) is 9. The standard InChI is InChI=1S/C21H28N10/c1-4-24-18-19(23-3)27-21(26-17-10-13(2)29-30-17)28-20(18)25-14-11-15-6-7-16(12-14)31(15)9-5-8-22/h4,10,14-16H,3,5-7,9,11-12H2,1-2H3,(H3,25,26,27,28,29,30)/t14?,15-,16+. The smallest absolute Gasteiger partial charge is 0.232 e. The number of H-pyrrole nitrogens is 1. The Kier molecular flexibility index (Phi) is 6.23. The van der Waals surface area contributed by atoms with Crippen LogP contribution in [0.3, 0.4) is 0 Å². The summed E-state index contributed by atoms with van der Waals surface area (Å²) in [6.07, 6.45) is 6.68. The molecule has 1 unspecified atom stereocenters. The van der Waals surface area contributed by atoms with Gasteiger partial charge in [0.1, 0.15) is 5.69 Å². The molecule has 10 nitrogen and oxygen atoms in total. The van der Waals surface area contributed by atoms with Gasteiger partial charge >= 0.3 is 0 Å². The molecule has 2 aromatic heterocycles. The molecule has 0 radical (unpaired) electrons. The van der Waals surface area contributed by atoms with Crippen molar-refractivity contribution in [2.24, 2.45) is 9.98 Å². The number of nitriles is 1. The number of nitrogens with zero attached hydrogens (tertiary/aromatic N) is 7. The number of rotatable bonds is 8. The molecule has 0 amide bonds. The van der Waals surface area contributed by atoms with Gasteiger partial charge in [-0.1, -0.05) is 0 Å². The fraction of sp³-hybridized carbons (Fsp3) is 0.524. The van der Waals surface area contributed by atoms with Gasteiger partial charge in [-0.05, 0) is 46.2 Å². The highest BCUT2D eigenvalue weighted by atomic mass is 15.3. The first-order chi connectivity index (χ1) is 15.1. The van der Waals surface area contributed by atoms with E-state index in [2.05, 4.69) is 53.5 Å². The summed E-state index contributed by atoms with van der Waals surface area (Å²) in [6.45, 7) is 8.30. The largest absolute Gasteiger partial charge is 0.365 e. The zero-order valence-electron chi connectivity index (χ0n) is 18.0. The van der Waals surface area contributed by atoms with Crippen molar-refractivity contribution in [3.05, 3.63) is 11.8 Å². The zero-order valence-corrected chi connectivity index (χ0v) is 18.0. The minimum Gasteiger partial charge on any atom is -0.365 e. The zero-order chi connectivity index (χ0) is 21.8. The number of aromatic nitrogens is 4. The van der Waals surface area contributed by atoms with Crippen LogP contribution >= 0.6 is 0 Å². The van der Waals surface area contributed by atoms with Crippen LogP contribution in [0.4, 0.5) is 29.1 Å². The minimum atomic E-state index is 0.273. The summed E-state index contributed by atoms with van der Waals surface area (Å²) in [5.74, 6) is 2.08. The molecule has 4 heterocycles. The molecular formula is C21H28N10. The van der Waals surface area contributed by atoms with Crippen LogP contribution in [-0.4, -0.2) is 62.7 Å². The number of hydrogen-bond donors (Lipinski definition) is 3. The summed E-state index contributed by atoms with van der Waals surface area (Å²) in [6, 6.07) is 5.44. The molecule has 2 aliphatic rings. The lowest BCUT2D eigenvalue weighted by Crippen LogP contribution is -2.47. The Hall–Kier alpha value is -3.32. The van der Waals surface area contributed by atoms with Gasteiger partial charge in [-0.25, -0.2) is 4.99 Å². The molecule has 2 fully saturated rings. The van der Waals surface area contributed by atoms with Gasteiger partial charge in [-0.2, -0.15) is 20.3 Å². The Morgan fingerprint density at radius 3 is 2.74 bits per heavy atom. The summed E-state index contributed by atoms with van der Waals surface area (Å²) in [5, 5.41) is 22.8. The number of aromatic amines is 1. The van der Waals surface area contributed by atoms with Gasteiger partial charge in [0.2, 0.25) is 5.95 Å². The van der Waals surface area contributed by atoms with Gasteiger partial charge < -0.3 is 10.6 Å². The Morgan fingerprint density at radius 2 is 2.13 bits per heavy atom. The molecule has 31 heavy (non-hydrogen) atoms. The second-order valence-electron chi connectivity index (χ2n) is 8.02. The Morgan fingerprint density at radius 1 is 1.35 bits per heavy atom. The van der Waals surface area contributed by atoms with Crippen LogP contribution in [0.1, 0.15) is 44.7 Å². The molecule has 0 aliphatic carbocycles. The van der Waals surface area contributed by atoms with E-state index in [0.29, 0.717) is 47.6 Å². The van der Waals surface area contributed by atoms with Gasteiger partial charge in [-0.3, -0.25) is 15.0 Å². The van der Waals surface area contributed by atoms with Crippen LogP contribution in [0.5, 0.6) is 0 Å². The highest BCUT2D eigenvalue weighted by molar-refractivity contribution is 5.79. The van der Waals surface area contributed by atoms with E-state index in [-0.39, 0.29) is 6.04 Å². The topological polar surface area (TPSA) is 130 Å². The van der Waals surface area contributed by atoms with Gasteiger partial charge in [0.25, 0.3) is 0 Å². The molecule has 0 spiro atoms. The molecular weight excluding hydrogens is 392 g/mol. The monoisotopic (exact) mass is 420 g/mol. The molecule has 2 bridgehead atoms. The summed E-state index contributed by atoms with van der Waals surface area (Å²) in [4.78, 5) is 20.2. The summed E-state index contributed by atoms with van der Waals surface area (Å²) in [5.41, 5.74) is 1.52. The average Bonchev–Trinajstić information content (AvgIpc) is 3.26. The molecule has 4 rings (SSSR count). The second-order valence-corrected chi connectivity index (χ2v) is 8.02. The third-order valence-electron chi connectivity index (χ3n) is 5.93. The number of aliphatic imine (C=N–C) groups is 2. The van der Waals surface area contributed by atoms with Crippen molar-refractivity contribution < 1.29 is 0 Å². The summed E-state index contributed by atoms with van der Waals surface area (Å²) >= 11 is 0. The van der Waals surface area contributed by atoms with Gasteiger partial charge in [0, 0.05) is 49.1 Å². The highest BCUT2D eigenvalue weighted by Gasteiger charge is 2.40. The number of fused-ring (bicyclic) bond motifs is 2. The molecule has 0 saturated carbocycles. The van der Waals surface area contributed by atoms with E-state index in [4.69, 9.17) is 10.2 Å². The fourth-order valence-electron chi connectivity index (χ4n) is 4.68. The van der Waals surface area contributed by atoms with E-state index in [1.807, 2.05) is 19.9 Å². The Labute approximate surface area is 181 Å². The predicted molar refractivity (Wildman–Crippen MR) is 122 cm³/mol. The quantitative estimate of drug-likeness (QED) is 0.556. The van der Waals surface area contributed by atoms with Crippen LogP contribution in [-0.2, 0) is 0 Å². The normalized spacial score (nSPS) is 23.1. The van der Waals surface area contributed by atoms with Gasteiger partial charge in [0.05, 0.1) is 6.07 Å². The van der Waals surface area contributed by atoms with Crippen molar-refractivity contribution in [2.75, 3.05) is 17.2 Å². The lowest BCUT2D eigenvalue weighted by atomic mass is 9.97. The highest BCUT2D eigenvalue weighted by Crippen LogP contribution is 2.39. The van der Waals surface area contributed by atoms with Crippen LogP contribution in [0, 0.1) is 18.3 Å². The molecule has 2 saturated heterocycles. The maximum atomic E-state index is 8.96. The minimum absolute atomic E-state index is 0.273. The first-order valence-corrected chi connectivity index (χ1v) is 10.7. The fourth-order valence-corrected chi connectivity index (χ4v) is 4.68. The van der Waals surface area contributed by atoms with E-state index >= 15 is 0 Å². The molecule has 3 N–H and O–H groups in total. The van der Waals surface area contributed by atoms with Crippen molar-refractivity contribution in [2.45, 2.75) is 64.1 Å². The molecule has 162 valence electrons. The first kappa shape index (κ1) is 20.9. The van der Waals surface area contributed by atoms with Gasteiger partial charge in [-0.15, -0.1) is 0 Å². The summed E-state index contributed by atoms with van der Waals surface area (Å²) < 4.78 is 0. The third-order valence-corrected chi connectivity index (χ3v) is 5.93. The van der Waals surface area contributed by atoms with Crippen LogP contribution in [0.2, 0.25) is 0 Å². The van der Waals surface area contributed by atoms with Crippen molar-refractivity contribution in [3.63, 3.8) is 0 Å². The van der Waals surface area contributed by atoms with Crippen molar-refractivity contribution in [1.29, 1.82) is 5.26 Å². The number of anilines is 3. The molecule has 2 aromatic rings. The van der Waals surface area contributed by atoms with Crippen LogP contribution in [0.15, 0.2) is 16.1 Å². The number of nitrogens with one attached hydrogen (secondary N) is 3. The summed E-state index contributed by atoms with van der Waals surface area (Å²) in [7, 11) is 0. The SMILES string of the molecule is C=Nc1nc(Nc2cc(C)[nH]n2)nc(NC2C[C@H]3CC[C@@H](C2)N3CCC#N)c1N=CC. The Balaban J connectivity index is 1.57. The van der Waals surface area contributed by atoms with Crippen molar-refractivity contribution in [3.8, 4) is 6.07 Å². The van der Waals surface area contributed by atoms with E-state index in [9.17, 15) is 0 Å². The first-order valence-electron chi connectivity index (χ1n) is 10.7. The Bertz CT molecular complexity index is 990. The predicted octanol–water partition coefficient (Wildman–Crippen LogP) is 3.63. The lowest BCUT2D eigenvalue weighted by Gasteiger charge is -2.39. The number of aryl methyl sites for hydroxylation is 1. The average molecular weight is 421 g/mol. The molecule has 0 aromatic carbocycles. The number of piperidine rings is 1. The van der Waals surface area contributed by atoms with E-state index in [0.717, 1.165) is 25.1 Å². The van der Waals surface area contributed by atoms with Crippen molar-refractivity contribution >= 4 is 42.0 Å². The maximum Gasteiger partial charge on any atom is 0.232 e. The molecule has 3 atom stereocenters. The molecule has 2 aliphatic heterocycles. The van der Waals surface area contributed by atoms with Crippen LogP contribution in [0.25, 0.3) is 0 Å². The lowest BCUT2D eigenvalue weighted by molar-refractivity contribution is 0.136. The van der Waals surface area contributed by atoms with E-state index in [1.54, 1.807) is 6.21 Å². The molecule has 10 heteroatoms. The third kappa shape index (κ3) is 4.56. The maximum absolute atomic E-state index is 8.96.